The van der Waals surface area contributed by atoms with Gasteiger partial charge in [-0.05, 0) is 23.3 Å². The van der Waals surface area contributed by atoms with Crippen LogP contribution in [0, 0.1) is 10.2 Å². The molecule has 7 nitrogen and oxygen atoms in total. The molecule has 0 unspecified atom stereocenters. The first-order valence-corrected chi connectivity index (χ1v) is 10.8. The monoisotopic (exact) mass is 445 g/mol. The maximum Gasteiger partial charge on any atom is 0.309 e. The molecule has 0 spiro atoms. The van der Waals surface area contributed by atoms with Gasteiger partial charge in [0, 0.05) is 23.6 Å². The van der Waals surface area contributed by atoms with E-state index in [4.69, 9.17) is 18.6 Å². The van der Waals surface area contributed by atoms with E-state index in [9.17, 15) is 9.90 Å². The number of carbonyl (C=O) groups is 1. The third-order valence-electron chi connectivity index (χ3n) is 4.52. The summed E-state index contributed by atoms with van der Waals surface area (Å²) in [7, 11) is -4.94. The standard InChI is InChI=1S/C23H23NO2.ClHO4/c1-17(2)21-15-20(18-9-5-3-6-10-18)16-22(19-11-7-4-8-12-19)24(21)14-13-23(25)26;2-1(3,4)5/h3-12,15-17H,13-14H2,1-2H3;(H,2,3,4,5). The van der Waals surface area contributed by atoms with Gasteiger partial charge < -0.3 is 5.11 Å². The molecule has 3 rings (SSSR count). The van der Waals surface area contributed by atoms with E-state index in [1.807, 2.05) is 36.4 Å². The van der Waals surface area contributed by atoms with Gasteiger partial charge in [0.25, 0.3) is 0 Å². The molecule has 0 fully saturated rings. The molecule has 8 heteroatoms. The van der Waals surface area contributed by atoms with E-state index in [0.717, 1.165) is 28.1 Å². The van der Waals surface area contributed by atoms with Crippen molar-refractivity contribution in [3.05, 3.63) is 78.5 Å². The summed E-state index contributed by atoms with van der Waals surface area (Å²) in [4.78, 5) is 11.2. The van der Waals surface area contributed by atoms with Gasteiger partial charge in [0.2, 0.25) is 5.69 Å². The molecule has 0 aliphatic heterocycles. The summed E-state index contributed by atoms with van der Waals surface area (Å²) in [6.45, 7) is 4.76. The van der Waals surface area contributed by atoms with E-state index in [-0.39, 0.29) is 12.3 Å². The molecule has 164 valence electrons. The Morgan fingerprint density at radius 1 is 0.871 bits per heavy atom. The SMILES string of the molecule is CC(C)c1cc(-c2ccccc2)cc(-c2ccccc2)[n+]1CCC(=O)O.[O-][Cl+3]([O-])([O-])[O-]. The summed E-state index contributed by atoms with van der Waals surface area (Å²) >= 11 is 0. The molecule has 31 heavy (non-hydrogen) atoms. The number of carboxylic acid groups (broad SMARTS) is 1. The maximum atomic E-state index is 11.2. The molecular weight excluding hydrogens is 422 g/mol. The van der Waals surface area contributed by atoms with Gasteiger partial charge in [-0.2, -0.15) is 4.57 Å². The number of hydrogen-bond acceptors (Lipinski definition) is 5. The number of nitrogens with zero attached hydrogens (tertiary/aromatic N) is 1. The van der Waals surface area contributed by atoms with E-state index < -0.39 is 16.2 Å². The van der Waals surface area contributed by atoms with Crippen LogP contribution in [-0.2, 0) is 11.3 Å². The summed E-state index contributed by atoms with van der Waals surface area (Å²) in [6.07, 6.45) is 0.106. The van der Waals surface area contributed by atoms with E-state index in [1.54, 1.807) is 0 Å². The molecule has 0 bridgehead atoms. The average Bonchev–Trinajstić information content (AvgIpc) is 2.71. The zero-order valence-electron chi connectivity index (χ0n) is 17.2. The van der Waals surface area contributed by atoms with Crippen molar-refractivity contribution in [2.24, 2.45) is 0 Å². The van der Waals surface area contributed by atoms with Crippen molar-refractivity contribution in [2.45, 2.75) is 32.7 Å². The number of benzene rings is 2. The second kappa shape index (κ2) is 11.0. The normalized spacial score (nSPS) is 11.1. The molecule has 1 N–H and O–H groups in total. The number of hydrogen-bond donors (Lipinski definition) is 1. The lowest BCUT2D eigenvalue weighted by molar-refractivity contribution is -2.00. The van der Waals surface area contributed by atoms with E-state index in [2.05, 4.69) is 54.8 Å². The Bertz CT molecular complexity index is 982. The minimum absolute atomic E-state index is 0.106. The van der Waals surface area contributed by atoms with Gasteiger partial charge in [-0.3, -0.25) is 4.79 Å². The second-order valence-corrected chi connectivity index (χ2v) is 7.87. The summed E-state index contributed by atoms with van der Waals surface area (Å²) in [5.74, 6) is -0.492. The van der Waals surface area contributed by atoms with Crippen LogP contribution in [0.15, 0.2) is 72.8 Å². The molecule has 1 aromatic heterocycles. The summed E-state index contributed by atoms with van der Waals surface area (Å²) in [5, 5.41) is 9.19. The van der Waals surface area contributed by atoms with Crippen molar-refractivity contribution in [3.63, 3.8) is 0 Å². The molecule has 0 amide bonds. The molecule has 0 atom stereocenters. The minimum atomic E-state index is -4.94. The Balaban J connectivity index is 0.000000614. The van der Waals surface area contributed by atoms with Crippen LogP contribution < -0.4 is 23.2 Å². The third kappa shape index (κ3) is 8.09. The van der Waals surface area contributed by atoms with Crippen LogP contribution in [0.3, 0.4) is 0 Å². The minimum Gasteiger partial charge on any atom is -0.481 e. The predicted molar refractivity (Wildman–Crippen MR) is 104 cm³/mol. The van der Waals surface area contributed by atoms with Crippen molar-refractivity contribution in [1.82, 2.24) is 0 Å². The first-order chi connectivity index (χ1) is 14.6. The first-order valence-electron chi connectivity index (χ1n) is 9.58. The summed E-state index contributed by atoms with van der Waals surface area (Å²) in [6, 6.07) is 24.8. The highest BCUT2D eigenvalue weighted by molar-refractivity contribution is 5.69. The van der Waals surface area contributed by atoms with E-state index >= 15 is 0 Å². The lowest BCUT2D eigenvalue weighted by Gasteiger charge is -2.17. The molecule has 1 heterocycles. The molecule has 2 aromatic carbocycles. The predicted octanol–water partition coefficient (Wildman–Crippen LogP) is 0.150. The van der Waals surface area contributed by atoms with Gasteiger partial charge >= 0.3 is 5.97 Å². The topological polar surface area (TPSA) is 133 Å². The average molecular weight is 446 g/mol. The number of aromatic nitrogens is 1. The van der Waals surface area contributed by atoms with Gasteiger partial charge in [0.1, 0.15) is 6.42 Å². The molecule has 0 saturated heterocycles. The Morgan fingerprint density at radius 2 is 1.35 bits per heavy atom. The maximum absolute atomic E-state index is 11.2. The lowest BCUT2D eigenvalue weighted by Crippen LogP contribution is -2.68. The molecule has 3 aromatic rings. The van der Waals surface area contributed by atoms with Crippen LogP contribution in [0.25, 0.3) is 22.4 Å². The van der Waals surface area contributed by atoms with Crippen molar-refractivity contribution in [1.29, 1.82) is 0 Å². The summed E-state index contributed by atoms with van der Waals surface area (Å²) < 4.78 is 36.1. The number of pyridine rings is 1. The number of aliphatic carboxylic acids is 1. The molecule has 0 aliphatic carbocycles. The van der Waals surface area contributed by atoms with E-state index in [0.29, 0.717) is 6.54 Å². The first kappa shape index (κ1) is 24.5. The van der Waals surface area contributed by atoms with Crippen LogP contribution in [0.2, 0.25) is 0 Å². The fourth-order valence-corrected chi connectivity index (χ4v) is 3.22. The number of halogens is 1. The van der Waals surface area contributed by atoms with Gasteiger partial charge in [0.15, 0.2) is 12.2 Å². The van der Waals surface area contributed by atoms with Crippen LogP contribution in [0.5, 0.6) is 0 Å². The van der Waals surface area contributed by atoms with Crippen molar-refractivity contribution < 1.29 is 43.3 Å². The quantitative estimate of drug-likeness (QED) is 0.537. The molecular formula is C23H24ClNO6. The Morgan fingerprint density at radius 3 is 1.81 bits per heavy atom. The van der Waals surface area contributed by atoms with Crippen molar-refractivity contribution in [3.8, 4) is 22.4 Å². The fourth-order valence-electron chi connectivity index (χ4n) is 3.22. The largest absolute Gasteiger partial charge is 0.481 e. The van der Waals surface area contributed by atoms with Crippen molar-refractivity contribution in [2.75, 3.05) is 0 Å². The fraction of sp³-hybridized carbons (Fsp3) is 0.217. The van der Waals surface area contributed by atoms with Crippen LogP contribution >= 0.6 is 0 Å². The van der Waals surface area contributed by atoms with Crippen LogP contribution in [0.4, 0.5) is 0 Å². The van der Waals surface area contributed by atoms with Gasteiger partial charge in [-0.15, -0.1) is 10.2 Å². The smallest absolute Gasteiger partial charge is 0.309 e. The highest BCUT2D eigenvalue weighted by Gasteiger charge is 2.23. The summed E-state index contributed by atoms with van der Waals surface area (Å²) in [5.41, 5.74) is 5.61. The Labute approximate surface area is 183 Å². The second-order valence-electron chi connectivity index (χ2n) is 7.11. The molecule has 0 saturated carbocycles. The van der Waals surface area contributed by atoms with Crippen LogP contribution in [0.1, 0.15) is 31.9 Å². The van der Waals surface area contributed by atoms with Crippen LogP contribution in [-0.4, -0.2) is 11.1 Å². The molecule has 0 radical (unpaired) electrons. The Hall–Kier alpha value is -2.81. The van der Waals surface area contributed by atoms with E-state index in [1.165, 1.54) is 0 Å². The number of rotatable bonds is 6. The zero-order valence-corrected chi connectivity index (χ0v) is 18.0. The van der Waals surface area contributed by atoms with Gasteiger partial charge in [-0.1, -0.05) is 62.4 Å². The Kier molecular flexibility index (Phi) is 8.67. The van der Waals surface area contributed by atoms with Gasteiger partial charge in [-0.25, -0.2) is 18.6 Å². The number of carboxylic acids is 1. The highest BCUT2D eigenvalue weighted by atomic mass is 35.7. The third-order valence-corrected chi connectivity index (χ3v) is 4.52. The lowest BCUT2D eigenvalue weighted by atomic mass is 9.98. The molecule has 0 aliphatic rings. The van der Waals surface area contributed by atoms with Crippen molar-refractivity contribution >= 4 is 5.97 Å². The van der Waals surface area contributed by atoms with Gasteiger partial charge in [0.05, 0.1) is 0 Å². The highest BCUT2D eigenvalue weighted by Crippen LogP contribution is 2.27. The zero-order chi connectivity index (χ0) is 23.0.